The van der Waals surface area contributed by atoms with Crippen LogP contribution in [0.1, 0.15) is 69.5 Å². The van der Waals surface area contributed by atoms with Crippen LogP contribution in [0.15, 0.2) is 30.3 Å². The molecule has 0 saturated carbocycles. The number of rotatable bonds is 6. The highest BCUT2D eigenvalue weighted by molar-refractivity contribution is 7.17. The van der Waals surface area contributed by atoms with E-state index in [1.54, 1.807) is 12.1 Å². The molecule has 8 heteroatoms. The maximum atomic E-state index is 12.8. The number of carbonyl (C=O) groups excluding carboxylic acids is 3. The highest BCUT2D eigenvalue weighted by Crippen LogP contribution is 2.37. The Kier molecular flexibility index (Phi) is 6.23. The van der Waals surface area contributed by atoms with E-state index in [4.69, 9.17) is 10.5 Å². The molecule has 2 amide bonds. The van der Waals surface area contributed by atoms with Crippen molar-refractivity contribution in [3.63, 3.8) is 0 Å². The highest BCUT2D eigenvalue weighted by atomic mass is 32.1. The standard InChI is InChI=1S/C24H25N3O4S/c1-13(2)18-11-16(14-7-3-5-9-17(14)26-18)24(30)31-12-20(28)27-23-21(22(25)29)15-8-4-6-10-19(15)32-23/h3,5,7,9,11,13H,4,6,8,10,12H2,1-2H3,(H2,25,29)(H,27,28). The van der Waals surface area contributed by atoms with Crippen LogP contribution in [0.5, 0.6) is 0 Å². The molecule has 1 aliphatic carbocycles. The van der Waals surface area contributed by atoms with E-state index in [1.807, 2.05) is 32.0 Å². The van der Waals surface area contributed by atoms with Gasteiger partial charge in [0.1, 0.15) is 5.00 Å². The molecule has 0 fully saturated rings. The molecule has 2 heterocycles. The van der Waals surface area contributed by atoms with E-state index in [0.717, 1.165) is 41.8 Å². The molecule has 0 atom stereocenters. The van der Waals surface area contributed by atoms with Crippen molar-refractivity contribution in [2.45, 2.75) is 45.4 Å². The Balaban J connectivity index is 1.50. The van der Waals surface area contributed by atoms with Gasteiger partial charge in [0, 0.05) is 16.0 Å². The maximum Gasteiger partial charge on any atom is 0.339 e. The number of ether oxygens (including phenoxy) is 1. The minimum absolute atomic E-state index is 0.131. The van der Waals surface area contributed by atoms with Crippen molar-refractivity contribution in [2.24, 2.45) is 5.73 Å². The summed E-state index contributed by atoms with van der Waals surface area (Å²) in [5.41, 5.74) is 8.73. The summed E-state index contributed by atoms with van der Waals surface area (Å²) < 4.78 is 5.32. The van der Waals surface area contributed by atoms with Crippen molar-refractivity contribution < 1.29 is 19.1 Å². The van der Waals surface area contributed by atoms with Crippen LogP contribution in [0.2, 0.25) is 0 Å². The van der Waals surface area contributed by atoms with Crippen LogP contribution in [0, 0.1) is 0 Å². The van der Waals surface area contributed by atoms with Crippen molar-refractivity contribution in [3.05, 3.63) is 57.6 Å². The summed E-state index contributed by atoms with van der Waals surface area (Å²) in [4.78, 5) is 43.0. The summed E-state index contributed by atoms with van der Waals surface area (Å²) in [6.07, 6.45) is 3.70. The van der Waals surface area contributed by atoms with Crippen molar-refractivity contribution in [1.29, 1.82) is 0 Å². The van der Waals surface area contributed by atoms with Crippen LogP contribution in [-0.4, -0.2) is 29.4 Å². The van der Waals surface area contributed by atoms with Gasteiger partial charge in [-0.15, -0.1) is 11.3 Å². The van der Waals surface area contributed by atoms with Gasteiger partial charge in [-0.05, 0) is 49.3 Å². The van der Waals surface area contributed by atoms with Crippen molar-refractivity contribution in [2.75, 3.05) is 11.9 Å². The Morgan fingerprint density at radius 2 is 1.94 bits per heavy atom. The van der Waals surface area contributed by atoms with Crippen LogP contribution >= 0.6 is 11.3 Å². The van der Waals surface area contributed by atoms with Crippen LogP contribution in [0.25, 0.3) is 10.9 Å². The lowest BCUT2D eigenvalue weighted by molar-refractivity contribution is -0.119. The number of hydrogen-bond acceptors (Lipinski definition) is 6. The van der Waals surface area contributed by atoms with E-state index >= 15 is 0 Å². The summed E-state index contributed by atoms with van der Waals surface area (Å²) in [7, 11) is 0. The van der Waals surface area contributed by atoms with Gasteiger partial charge in [0.05, 0.1) is 16.6 Å². The van der Waals surface area contributed by atoms with Gasteiger partial charge in [-0.1, -0.05) is 32.0 Å². The number of aromatic nitrogens is 1. The van der Waals surface area contributed by atoms with Gasteiger partial charge < -0.3 is 15.8 Å². The number of para-hydroxylation sites is 1. The number of carbonyl (C=O) groups is 3. The smallest absolute Gasteiger partial charge is 0.339 e. The minimum atomic E-state index is -0.596. The van der Waals surface area contributed by atoms with Crippen LogP contribution in [0.3, 0.4) is 0 Å². The average molecular weight is 452 g/mol. The Bertz CT molecular complexity index is 1220. The first-order valence-electron chi connectivity index (χ1n) is 10.7. The Morgan fingerprint density at radius 1 is 1.19 bits per heavy atom. The molecule has 2 aromatic heterocycles. The fourth-order valence-corrected chi connectivity index (χ4v) is 5.26. The van der Waals surface area contributed by atoms with Crippen LogP contribution < -0.4 is 11.1 Å². The van der Waals surface area contributed by atoms with E-state index < -0.39 is 24.4 Å². The van der Waals surface area contributed by atoms with Crippen molar-refractivity contribution in [1.82, 2.24) is 4.98 Å². The largest absolute Gasteiger partial charge is 0.452 e. The molecule has 0 aliphatic heterocycles. The Morgan fingerprint density at radius 3 is 2.69 bits per heavy atom. The number of anilines is 1. The summed E-state index contributed by atoms with van der Waals surface area (Å²) in [6, 6.07) is 9.05. The normalized spacial score (nSPS) is 13.1. The van der Waals surface area contributed by atoms with Gasteiger partial charge in [-0.3, -0.25) is 14.6 Å². The maximum absolute atomic E-state index is 12.8. The number of pyridine rings is 1. The predicted octanol–water partition coefficient (Wildman–Crippen LogP) is 4.19. The van der Waals surface area contributed by atoms with E-state index in [-0.39, 0.29) is 5.92 Å². The zero-order valence-corrected chi connectivity index (χ0v) is 18.9. The highest BCUT2D eigenvalue weighted by Gasteiger charge is 2.25. The summed E-state index contributed by atoms with van der Waals surface area (Å²) in [6.45, 7) is 3.53. The van der Waals surface area contributed by atoms with Crippen molar-refractivity contribution >= 4 is 45.0 Å². The average Bonchev–Trinajstić information content (AvgIpc) is 3.14. The Hall–Kier alpha value is -3.26. The molecule has 1 aliphatic rings. The molecule has 0 saturated heterocycles. The number of fused-ring (bicyclic) bond motifs is 2. The lowest BCUT2D eigenvalue weighted by atomic mass is 9.95. The molecule has 3 aromatic rings. The van der Waals surface area contributed by atoms with Crippen LogP contribution in [0.4, 0.5) is 5.00 Å². The molecule has 32 heavy (non-hydrogen) atoms. The van der Waals surface area contributed by atoms with Crippen molar-refractivity contribution in [3.8, 4) is 0 Å². The molecule has 1 aromatic carbocycles. The van der Waals surface area contributed by atoms with Crippen LogP contribution in [-0.2, 0) is 22.4 Å². The molecule has 0 radical (unpaired) electrons. The molecule has 3 N–H and O–H groups in total. The fourth-order valence-electron chi connectivity index (χ4n) is 3.95. The van der Waals surface area contributed by atoms with Gasteiger partial charge in [0.2, 0.25) is 0 Å². The Labute approximate surface area is 190 Å². The van der Waals surface area contributed by atoms with Gasteiger partial charge in [-0.25, -0.2) is 4.79 Å². The molecule has 0 spiro atoms. The third kappa shape index (κ3) is 4.36. The SMILES string of the molecule is CC(C)c1cc(C(=O)OCC(=O)Nc2sc3c(c2C(N)=O)CCCC3)c2ccccc2n1. The number of esters is 1. The van der Waals surface area contributed by atoms with Gasteiger partial charge in [0.15, 0.2) is 6.61 Å². The van der Waals surface area contributed by atoms with E-state index in [0.29, 0.717) is 27.0 Å². The quantitative estimate of drug-likeness (QED) is 0.546. The number of aryl methyl sites for hydroxylation is 1. The third-order valence-electron chi connectivity index (χ3n) is 5.55. The fraction of sp³-hybridized carbons (Fsp3) is 0.333. The number of benzene rings is 1. The number of thiophene rings is 1. The summed E-state index contributed by atoms with van der Waals surface area (Å²) in [5.74, 6) is -1.53. The number of amides is 2. The number of nitrogens with two attached hydrogens (primary N) is 1. The van der Waals surface area contributed by atoms with Gasteiger partial charge >= 0.3 is 5.97 Å². The number of nitrogens with zero attached hydrogens (tertiary/aromatic N) is 1. The second kappa shape index (κ2) is 9.08. The lowest BCUT2D eigenvalue weighted by Crippen LogP contribution is -2.23. The van der Waals surface area contributed by atoms with Gasteiger partial charge in [-0.2, -0.15) is 0 Å². The number of hydrogen-bond donors (Lipinski definition) is 2. The third-order valence-corrected chi connectivity index (χ3v) is 6.76. The van der Waals surface area contributed by atoms with E-state index in [1.165, 1.54) is 11.3 Å². The molecule has 4 rings (SSSR count). The molecular formula is C24H25N3O4S. The monoisotopic (exact) mass is 451 g/mol. The zero-order valence-electron chi connectivity index (χ0n) is 18.1. The number of primary amides is 1. The first-order valence-corrected chi connectivity index (χ1v) is 11.5. The second-order valence-electron chi connectivity index (χ2n) is 8.17. The number of nitrogens with one attached hydrogen (secondary N) is 1. The first-order chi connectivity index (χ1) is 15.3. The molecule has 0 unspecified atom stereocenters. The lowest BCUT2D eigenvalue weighted by Gasteiger charge is -2.12. The topological polar surface area (TPSA) is 111 Å². The molecule has 0 bridgehead atoms. The predicted molar refractivity (Wildman–Crippen MR) is 124 cm³/mol. The second-order valence-corrected chi connectivity index (χ2v) is 9.28. The first kappa shape index (κ1) is 22.0. The minimum Gasteiger partial charge on any atom is -0.452 e. The van der Waals surface area contributed by atoms with E-state index in [9.17, 15) is 14.4 Å². The zero-order chi connectivity index (χ0) is 22.8. The van der Waals surface area contributed by atoms with E-state index in [2.05, 4.69) is 10.3 Å². The molecule has 166 valence electrons. The molecular weight excluding hydrogens is 426 g/mol. The molecule has 7 nitrogen and oxygen atoms in total. The summed E-state index contributed by atoms with van der Waals surface area (Å²) >= 11 is 1.37. The van der Waals surface area contributed by atoms with Gasteiger partial charge in [0.25, 0.3) is 11.8 Å². The summed E-state index contributed by atoms with van der Waals surface area (Å²) in [5, 5.41) is 3.81.